The van der Waals surface area contributed by atoms with E-state index in [4.69, 9.17) is 0 Å². The first-order valence-electron chi connectivity index (χ1n) is 7.78. The Hall–Kier alpha value is -0.910. The largest absolute Gasteiger partial charge is 0.392 e. The summed E-state index contributed by atoms with van der Waals surface area (Å²) >= 11 is 0. The van der Waals surface area contributed by atoms with Gasteiger partial charge < -0.3 is 5.11 Å². The van der Waals surface area contributed by atoms with Crippen molar-refractivity contribution >= 4 is 10.0 Å². The van der Waals surface area contributed by atoms with E-state index in [9.17, 15) is 13.5 Å². The van der Waals surface area contributed by atoms with Crippen molar-refractivity contribution in [2.75, 3.05) is 0 Å². The van der Waals surface area contributed by atoms with Gasteiger partial charge in [0.05, 0.1) is 11.5 Å². The minimum absolute atomic E-state index is 0.0230. The molecule has 0 aromatic heterocycles. The van der Waals surface area contributed by atoms with E-state index in [2.05, 4.69) is 11.6 Å². The van der Waals surface area contributed by atoms with Gasteiger partial charge in [-0.25, -0.2) is 13.1 Å². The van der Waals surface area contributed by atoms with E-state index >= 15 is 0 Å². The maximum atomic E-state index is 12.5. The Morgan fingerprint density at radius 3 is 2.48 bits per heavy atom. The van der Waals surface area contributed by atoms with Crippen LogP contribution in [0.4, 0.5) is 0 Å². The van der Waals surface area contributed by atoms with Crippen LogP contribution < -0.4 is 4.72 Å². The molecule has 118 valence electrons. The molecule has 0 heterocycles. The van der Waals surface area contributed by atoms with Crippen LogP contribution in [0.1, 0.15) is 51.0 Å². The molecular formula is C16H25NO3S. The number of aliphatic hydroxyl groups is 1. The van der Waals surface area contributed by atoms with Crippen LogP contribution >= 0.6 is 0 Å². The molecule has 0 aliphatic heterocycles. The minimum Gasteiger partial charge on any atom is -0.392 e. The molecule has 1 aliphatic carbocycles. The summed E-state index contributed by atoms with van der Waals surface area (Å²) in [5, 5.41) is 9.29. The lowest BCUT2D eigenvalue weighted by Gasteiger charge is -2.29. The summed E-state index contributed by atoms with van der Waals surface area (Å²) < 4.78 is 27.7. The second kappa shape index (κ2) is 7.38. The lowest BCUT2D eigenvalue weighted by Crippen LogP contribution is -2.38. The van der Waals surface area contributed by atoms with Gasteiger partial charge in [-0.2, -0.15) is 0 Å². The van der Waals surface area contributed by atoms with Crippen LogP contribution in [0.25, 0.3) is 0 Å². The van der Waals surface area contributed by atoms with E-state index < -0.39 is 10.0 Å². The van der Waals surface area contributed by atoms with Gasteiger partial charge in [0, 0.05) is 6.04 Å². The normalized spacial score (nSPS) is 23.1. The highest BCUT2D eigenvalue weighted by molar-refractivity contribution is 7.89. The standard InChI is InChI=1S/C16H25NO3S/c1-2-5-13-8-10-15(11-9-13)17-21(19,20)16-7-4-3-6-14(16)12-18/h3-4,6-7,13,15,17-18H,2,5,8-12H2,1H3. The number of rotatable bonds is 6. The molecule has 1 saturated carbocycles. The zero-order valence-electron chi connectivity index (χ0n) is 12.6. The summed E-state index contributed by atoms with van der Waals surface area (Å²) in [5.74, 6) is 0.750. The second-order valence-electron chi connectivity index (χ2n) is 5.89. The first-order valence-corrected chi connectivity index (χ1v) is 9.26. The van der Waals surface area contributed by atoms with Crippen molar-refractivity contribution in [2.45, 2.75) is 63.0 Å². The van der Waals surface area contributed by atoms with E-state index in [-0.39, 0.29) is 17.5 Å². The van der Waals surface area contributed by atoms with Gasteiger partial charge in [-0.3, -0.25) is 0 Å². The SMILES string of the molecule is CCCC1CCC(NS(=O)(=O)c2ccccc2CO)CC1. The van der Waals surface area contributed by atoms with Crippen molar-refractivity contribution in [3.63, 3.8) is 0 Å². The van der Waals surface area contributed by atoms with Gasteiger partial charge in [0.2, 0.25) is 10.0 Å². The predicted octanol–water partition coefficient (Wildman–Crippen LogP) is 2.82. The number of aliphatic hydroxyl groups excluding tert-OH is 1. The fourth-order valence-corrected chi connectivity index (χ4v) is 4.69. The van der Waals surface area contributed by atoms with Crippen molar-refractivity contribution in [2.24, 2.45) is 5.92 Å². The van der Waals surface area contributed by atoms with Gasteiger partial charge in [-0.05, 0) is 43.2 Å². The zero-order chi connectivity index (χ0) is 15.3. The number of sulfonamides is 1. The molecule has 1 aliphatic rings. The van der Waals surface area contributed by atoms with E-state index in [0.29, 0.717) is 5.56 Å². The Morgan fingerprint density at radius 1 is 1.19 bits per heavy atom. The lowest BCUT2D eigenvalue weighted by molar-refractivity contribution is 0.278. The van der Waals surface area contributed by atoms with Crippen molar-refractivity contribution in [1.82, 2.24) is 4.72 Å². The zero-order valence-corrected chi connectivity index (χ0v) is 13.4. The molecule has 21 heavy (non-hydrogen) atoms. The lowest BCUT2D eigenvalue weighted by atomic mass is 9.84. The summed E-state index contributed by atoms with van der Waals surface area (Å²) in [6.45, 7) is 1.93. The van der Waals surface area contributed by atoms with E-state index in [0.717, 1.165) is 31.6 Å². The Balaban J connectivity index is 2.02. The molecular weight excluding hydrogens is 286 g/mol. The summed E-state index contributed by atoms with van der Waals surface area (Å²) in [5.41, 5.74) is 0.449. The maximum absolute atomic E-state index is 12.5. The molecule has 0 spiro atoms. The van der Waals surface area contributed by atoms with Crippen LogP contribution in [0.2, 0.25) is 0 Å². The third kappa shape index (κ3) is 4.28. The third-order valence-electron chi connectivity index (χ3n) is 4.30. The topological polar surface area (TPSA) is 66.4 Å². The van der Waals surface area contributed by atoms with Crippen molar-refractivity contribution in [3.05, 3.63) is 29.8 Å². The van der Waals surface area contributed by atoms with Crippen molar-refractivity contribution in [3.8, 4) is 0 Å². The number of hydrogen-bond donors (Lipinski definition) is 2. The Bertz CT molecular complexity index is 548. The van der Waals surface area contributed by atoms with Gasteiger partial charge in [-0.15, -0.1) is 0 Å². The molecule has 0 atom stereocenters. The van der Waals surface area contributed by atoms with Gasteiger partial charge in [0.15, 0.2) is 0 Å². The van der Waals surface area contributed by atoms with Crippen LogP contribution in [0.3, 0.4) is 0 Å². The smallest absolute Gasteiger partial charge is 0.241 e. The molecule has 0 saturated heterocycles. The molecule has 0 amide bonds. The van der Waals surface area contributed by atoms with Gasteiger partial charge in [0.1, 0.15) is 0 Å². The summed E-state index contributed by atoms with van der Waals surface area (Å²) in [7, 11) is -3.54. The molecule has 0 unspecified atom stereocenters. The van der Waals surface area contributed by atoms with Crippen LogP contribution in [-0.4, -0.2) is 19.6 Å². The molecule has 2 rings (SSSR count). The van der Waals surface area contributed by atoms with E-state index in [1.165, 1.54) is 12.8 Å². The Morgan fingerprint density at radius 2 is 1.86 bits per heavy atom. The van der Waals surface area contributed by atoms with Crippen LogP contribution in [-0.2, 0) is 16.6 Å². The highest BCUT2D eigenvalue weighted by Crippen LogP contribution is 2.28. The second-order valence-corrected chi connectivity index (χ2v) is 7.58. The highest BCUT2D eigenvalue weighted by atomic mass is 32.2. The molecule has 1 aromatic rings. The minimum atomic E-state index is -3.54. The molecule has 2 N–H and O–H groups in total. The quantitative estimate of drug-likeness (QED) is 0.849. The van der Waals surface area contributed by atoms with E-state index in [1.807, 2.05) is 0 Å². The van der Waals surface area contributed by atoms with Crippen molar-refractivity contribution in [1.29, 1.82) is 0 Å². The van der Waals surface area contributed by atoms with Gasteiger partial charge >= 0.3 is 0 Å². The number of hydrogen-bond acceptors (Lipinski definition) is 3. The summed E-state index contributed by atoms with van der Waals surface area (Å²) in [4.78, 5) is 0.197. The van der Waals surface area contributed by atoms with Crippen LogP contribution in [0.15, 0.2) is 29.2 Å². The average Bonchev–Trinajstić information content (AvgIpc) is 2.49. The predicted molar refractivity (Wildman–Crippen MR) is 83.3 cm³/mol. The van der Waals surface area contributed by atoms with Gasteiger partial charge in [0.25, 0.3) is 0 Å². The molecule has 1 fully saturated rings. The maximum Gasteiger partial charge on any atom is 0.241 e. The molecule has 1 aromatic carbocycles. The monoisotopic (exact) mass is 311 g/mol. The first kappa shape index (κ1) is 16.5. The summed E-state index contributed by atoms with van der Waals surface area (Å²) in [6, 6.07) is 6.64. The molecule has 0 radical (unpaired) electrons. The highest BCUT2D eigenvalue weighted by Gasteiger charge is 2.26. The van der Waals surface area contributed by atoms with Crippen LogP contribution in [0.5, 0.6) is 0 Å². The fourth-order valence-electron chi connectivity index (χ4n) is 3.16. The average molecular weight is 311 g/mol. The fraction of sp³-hybridized carbons (Fsp3) is 0.625. The van der Waals surface area contributed by atoms with Crippen molar-refractivity contribution < 1.29 is 13.5 Å². The summed E-state index contributed by atoms with van der Waals surface area (Å²) in [6.07, 6.45) is 6.46. The van der Waals surface area contributed by atoms with Gasteiger partial charge in [-0.1, -0.05) is 38.0 Å². The molecule has 0 bridgehead atoms. The number of benzene rings is 1. The van der Waals surface area contributed by atoms with Crippen LogP contribution in [0, 0.1) is 5.92 Å². The molecule has 4 nitrogen and oxygen atoms in total. The third-order valence-corrected chi connectivity index (χ3v) is 5.92. The Kier molecular flexibility index (Phi) is 5.79. The van der Waals surface area contributed by atoms with E-state index in [1.54, 1.807) is 24.3 Å². The molecule has 5 heteroatoms. The Labute approximate surface area is 127 Å². The first-order chi connectivity index (χ1) is 10.1. The number of nitrogens with one attached hydrogen (secondary N) is 1.